The van der Waals surface area contributed by atoms with E-state index in [9.17, 15) is 30.7 Å². The summed E-state index contributed by atoms with van der Waals surface area (Å²) in [5, 5.41) is -4.44. The van der Waals surface area contributed by atoms with Crippen LogP contribution in [0.15, 0.2) is 35.2 Å². The number of benzene rings is 1. The van der Waals surface area contributed by atoms with E-state index in [1.165, 1.54) is 0 Å². The molecule has 0 aliphatic carbocycles. The molecule has 19 heavy (non-hydrogen) atoms. The molecular formula is C10H4BrF7S. The first-order valence-corrected chi connectivity index (χ1v) is 6.10. The number of alkyl halides is 5. The fraction of sp³-hybridized carbons (Fsp3) is 0.200. The van der Waals surface area contributed by atoms with Crippen LogP contribution in [0.5, 0.6) is 0 Å². The summed E-state index contributed by atoms with van der Waals surface area (Å²) in [6.07, 6.45) is -2.56. The predicted molar refractivity (Wildman–Crippen MR) is 61.4 cm³/mol. The van der Waals surface area contributed by atoms with Gasteiger partial charge >= 0.3 is 16.2 Å². The van der Waals surface area contributed by atoms with Crippen LogP contribution in [0.1, 0.15) is 5.56 Å². The van der Waals surface area contributed by atoms with Gasteiger partial charge in [0.15, 0.2) is 5.83 Å². The summed E-state index contributed by atoms with van der Waals surface area (Å²) in [6.45, 7) is 0. The second-order valence-electron chi connectivity index (χ2n) is 3.22. The molecule has 1 aromatic carbocycles. The van der Waals surface area contributed by atoms with Crippen molar-refractivity contribution in [2.75, 3.05) is 0 Å². The fourth-order valence-electron chi connectivity index (χ4n) is 0.984. The molecular weight excluding hydrogens is 365 g/mol. The van der Waals surface area contributed by atoms with Crippen LogP contribution in [-0.4, -0.2) is 10.1 Å². The van der Waals surface area contributed by atoms with Crippen molar-refractivity contribution in [1.29, 1.82) is 0 Å². The molecule has 0 aliphatic heterocycles. The fourth-order valence-corrected chi connectivity index (χ4v) is 1.91. The van der Waals surface area contributed by atoms with Crippen LogP contribution in [0.2, 0.25) is 0 Å². The molecule has 0 N–H and O–H groups in total. The number of hydrogen-bond donors (Lipinski definition) is 0. The molecule has 0 bridgehead atoms. The third kappa shape index (κ3) is 4.13. The van der Waals surface area contributed by atoms with Crippen LogP contribution in [0, 0.1) is 0 Å². The van der Waals surface area contributed by atoms with Gasteiger partial charge in [0.25, 0.3) is 0 Å². The molecule has 0 saturated carbocycles. The van der Waals surface area contributed by atoms with E-state index in [1.807, 2.05) is 0 Å². The molecule has 0 amide bonds. The molecule has 0 saturated heterocycles. The van der Waals surface area contributed by atoms with Crippen LogP contribution in [0.4, 0.5) is 30.7 Å². The second kappa shape index (κ2) is 5.74. The highest BCUT2D eigenvalue weighted by Gasteiger charge is 2.55. The van der Waals surface area contributed by atoms with Gasteiger partial charge in [-0.1, -0.05) is 12.1 Å². The summed E-state index contributed by atoms with van der Waals surface area (Å²) in [6, 6.07) is 3.27. The molecule has 0 spiro atoms. The van der Waals surface area contributed by atoms with Crippen LogP contribution >= 0.6 is 27.7 Å². The van der Waals surface area contributed by atoms with Crippen molar-refractivity contribution in [2.45, 2.75) is 15.0 Å². The van der Waals surface area contributed by atoms with Gasteiger partial charge in [0.1, 0.15) is 0 Å². The maximum atomic E-state index is 13.0. The molecule has 0 atom stereocenters. The summed E-state index contributed by atoms with van der Waals surface area (Å²) in [5.41, 5.74) is -0.529. The van der Waals surface area contributed by atoms with Crippen molar-refractivity contribution in [3.05, 3.63) is 35.9 Å². The molecule has 1 rings (SSSR count). The molecule has 0 aromatic heterocycles. The topological polar surface area (TPSA) is 0 Å². The third-order valence-electron chi connectivity index (χ3n) is 1.85. The summed E-state index contributed by atoms with van der Waals surface area (Å²) >= 11 is 1.07. The lowest BCUT2D eigenvalue weighted by Gasteiger charge is -2.20. The van der Waals surface area contributed by atoms with Crippen molar-refractivity contribution in [2.24, 2.45) is 0 Å². The van der Waals surface area contributed by atoms with E-state index < -0.39 is 39.3 Å². The Kier molecular flexibility index (Phi) is 4.94. The van der Waals surface area contributed by atoms with Crippen molar-refractivity contribution >= 4 is 33.5 Å². The smallest absolute Gasteiger partial charge is 0.200 e. The number of halogens is 8. The Morgan fingerprint density at radius 2 is 1.42 bits per heavy atom. The summed E-state index contributed by atoms with van der Waals surface area (Å²) in [7, 11) is 0. The Morgan fingerprint density at radius 1 is 0.947 bits per heavy atom. The van der Waals surface area contributed by atoms with Gasteiger partial charge < -0.3 is 0 Å². The zero-order chi connectivity index (χ0) is 14.8. The highest BCUT2D eigenvalue weighted by Crippen LogP contribution is 2.49. The van der Waals surface area contributed by atoms with Gasteiger partial charge in [-0.3, -0.25) is 0 Å². The lowest BCUT2D eigenvalue weighted by atomic mass is 10.2. The highest BCUT2D eigenvalue weighted by atomic mass is 79.9. The van der Waals surface area contributed by atoms with Gasteiger partial charge in [0.05, 0.1) is 0 Å². The van der Waals surface area contributed by atoms with Crippen LogP contribution in [0.25, 0.3) is 5.83 Å². The third-order valence-corrected chi connectivity index (χ3v) is 3.63. The van der Waals surface area contributed by atoms with Crippen molar-refractivity contribution in [1.82, 2.24) is 0 Å². The van der Waals surface area contributed by atoms with E-state index in [0.717, 1.165) is 24.3 Å². The Hall–Kier alpha value is -0.700. The standard InChI is InChI=1S/C10H4BrF7S/c11-9(15,16)10(17,18)19-6-3-1-5(2-4-6)7(12)8(13)14/h1-4H. The molecule has 9 heteroatoms. The normalized spacial score (nSPS) is 12.4. The number of rotatable bonds is 4. The first-order valence-electron chi connectivity index (χ1n) is 4.49. The molecule has 106 valence electrons. The molecule has 0 nitrogen and oxygen atoms in total. The molecule has 1 aromatic rings. The maximum absolute atomic E-state index is 13.0. The second-order valence-corrected chi connectivity index (χ2v) is 5.40. The summed E-state index contributed by atoms with van der Waals surface area (Å²) < 4.78 is 87.5. The minimum absolute atomic E-state index is 0.319. The zero-order valence-corrected chi connectivity index (χ0v) is 11.1. The van der Waals surface area contributed by atoms with Gasteiger partial charge in [-0.25, -0.2) is 4.39 Å². The lowest BCUT2D eigenvalue weighted by molar-refractivity contribution is -0.0779. The van der Waals surface area contributed by atoms with Crippen LogP contribution < -0.4 is 0 Å². The number of hydrogen-bond acceptors (Lipinski definition) is 1. The average Bonchev–Trinajstić information content (AvgIpc) is 2.27. The zero-order valence-electron chi connectivity index (χ0n) is 8.74. The Bertz CT molecular complexity index is 474. The van der Waals surface area contributed by atoms with Gasteiger partial charge in [-0.2, -0.15) is 26.3 Å². The van der Waals surface area contributed by atoms with Gasteiger partial charge in [-0.05, 0) is 39.8 Å². The SMILES string of the molecule is FC(F)=C(F)c1ccc(SC(F)(F)C(F)(F)Br)cc1. The molecule has 0 aliphatic rings. The quantitative estimate of drug-likeness (QED) is 0.362. The van der Waals surface area contributed by atoms with Crippen molar-refractivity contribution in [3.63, 3.8) is 0 Å². The van der Waals surface area contributed by atoms with Gasteiger partial charge in [0, 0.05) is 10.5 Å². The molecule has 0 radical (unpaired) electrons. The monoisotopic (exact) mass is 368 g/mol. The minimum Gasteiger partial charge on any atom is -0.200 e. The Morgan fingerprint density at radius 3 is 1.79 bits per heavy atom. The maximum Gasteiger partial charge on any atom is 0.373 e. The predicted octanol–water partition coefficient (Wildman–Crippen LogP) is 5.89. The first kappa shape index (κ1) is 16.4. The van der Waals surface area contributed by atoms with Crippen LogP contribution in [0.3, 0.4) is 0 Å². The molecule has 0 fully saturated rings. The van der Waals surface area contributed by atoms with E-state index in [-0.39, 0.29) is 4.90 Å². The van der Waals surface area contributed by atoms with E-state index in [4.69, 9.17) is 0 Å². The van der Waals surface area contributed by atoms with E-state index in [0.29, 0.717) is 0 Å². The Balaban J connectivity index is 2.93. The van der Waals surface area contributed by atoms with Gasteiger partial charge in [0.2, 0.25) is 0 Å². The number of thioether (sulfide) groups is 1. The molecule has 0 unspecified atom stereocenters. The first-order chi connectivity index (χ1) is 8.54. The lowest BCUT2D eigenvalue weighted by Crippen LogP contribution is -2.30. The average molecular weight is 369 g/mol. The minimum atomic E-state index is -4.44. The van der Waals surface area contributed by atoms with Crippen molar-refractivity contribution in [3.8, 4) is 0 Å². The molecule has 0 heterocycles. The van der Waals surface area contributed by atoms with E-state index in [1.54, 1.807) is 15.9 Å². The highest BCUT2D eigenvalue weighted by molar-refractivity contribution is 9.10. The van der Waals surface area contributed by atoms with Crippen molar-refractivity contribution < 1.29 is 30.7 Å². The largest absolute Gasteiger partial charge is 0.373 e. The Labute approximate surface area is 115 Å². The summed E-state index contributed by atoms with van der Waals surface area (Å²) in [4.78, 5) is -4.75. The summed E-state index contributed by atoms with van der Waals surface area (Å²) in [5.74, 6) is -1.80. The van der Waals surface area contributed by atoms with Crippen LogP contribution in [-0.2, 0) is 0 Å². The van der Waals surface area contributed by atoms with Gasteiger partial charge in [-0.15, -0.1) is 0 Å². The van der Waals surface area contributed by atoms with E-state index in [2.05, 4.69) is 0 Å². The van der Waals surface area contributed by atoms with E-state index >= 15 is 0 Å².